The van der Waals surface area contributed by atoms with Crippen molar-refractivity contribution in [3.05, 3.63) is 88.6 Å². The molecule has 0 spiro atoms. The summed E-state index contributed by atoms with van der Waals surface area (Å²) in [6.07, 6.45) is 0.733. The molecule has 1 aromatic heterocycles. The van der Waals surface area contributed by atoms with Crippen LogP contribution in [-0.2, 0) is 22.6 Å². The Morgan fingerprint density at radius 1 is 1.03 bits per heavy atom. The van der Waals surface area contributed by atoms with Crippen LogP contribution >= 0.6 is 0 Å². The van der Waals surface area contributed by atoms with Crippen LogP contribution in [0.2, 0.25) is 0 Å². The highest BCUT2D eigenvalue weighted by atomic mass is 19.1. The number of hydrogen-bond donors (Lipinski definition) is 0. The van der Waals surface area contributed by atoms with Crippen molar-refractivity contribution < 1.29 is 27.9 Å². The van der Waals surface area contributed by atoms with Gasteiger partial charge in [-0.15, -0.1) is 0 Å². The molecule has 0 N–H and O–H groups in total. The Morgan fingerprint density at radius 3 is 2.51 bits per heavy atom. The molecule has 2 aliphatic rings. The number of nitrogens with zero attached hydrogens (tertiary/aromatic N) is 2. The van der Waals surface area contributed by atoms with E-state index in [9.17, 15) is 14.0 Å². The molecular weight excluding hydrogens is 475 g/mol. The van der Waals surface area contributed by atoms with E-state index in [-0.39, 0.29) is 42.0 Å². The van der Waals surface area contributed by atoms with E-state index >= 15 is 0 Å². The van der Waals surface area contributed by atoms with E-state index in [1.807, 2.05) is 36.9 Å². The van der Waals surface area contributed by atoms with Gasteiger partial charge < -0.3 is 23.7 Å². The van der Waals surface area contributed by atoms with Crippen LogP contribution in [0.4, 0.5) is 4.39 Å². The number of hydrogen-bond acceptors (Lipinski definition) is 5. The number of carbonyl (C=O) groups excluding carboxylic acids is 2. The number of ether oxygens (including phenoxy) is 2. The predicted octanol–water partition coefficient (Wildman–Crippen LogP) is 4.60. The zero-order valence-corrected chi connectivity index (χ0v) is 21.1. The van der Waals surface area contributed by atoms with Crippen molar-refractivity contribution in [3.8, 4) is 5.75 Å². The largest absolute Gasteiger partial charge is 0.486 e. The van der Waals surface area contributed by atoms with E-state index in [1.54, 1.807) is 29.2 Å². The first kappa shape index (κ1) is 25.0. The molecule has 1 unspecified atom stereocenters. The highest BCUT2D eigenvalue weighted by molar-refractivity contribution is 5.91. The molecule has 7 nitrogen and oxygen atoms in total. The Kier molecular flexibility index (Phi) is 7.28. The lowest BCUT2D eigenvalue weighted by atomic mass is 9.87. The van der Waals surface area contributed by atoms with E-state index in [2.05, 4.69) is 0 Å². The summed E-state index contributed by atoms with van der Waals surface area (Å²) in [7, 11) is 0. The average Bonchev–Trinajstić information content (AvgIpc) is 3.40. The molecule has 8 heteroatoms. The maximum atomic E-state index is 13.7. The maximum absolute atomic E-state index is 13.7. The maximum Gasteiger partial charge on any atom is 0.289 e. The van der Waals surface area contributed by atoms with E-state index in [1.165, 1.54) is 12.1 Å². The number of morpholine rings is 1. The van der Waals surface area contributed by atoms with Crippen LogP contribution in [0.1, 0.15) is 52.9 Å². The summed E-state index contributed by atoms with van der Waals surface area (Å²) < 4.78 is 30.8. The fourth-order valence-electron chi connectivity index (χ4n) is 4.90. The van der Waals surface area contributed by atoms with Crippen molar-refractivity contribution in [1.82, 2.24) is 9.80 Å². The predicted molar refractivity (Wildman–Crippen MR) is 135 cm³/mol. The third-order valence-electron chi connectivity index (χ3n) is 6.86. The molecule has 2 aliphatic heterocycles. The van der Waals surface area contributed by atoms with Gasteiger partial charge in [-0.2, -0.15) is 0 Å². The second kappa shape index (κ2) is 10.8. The van der Waals surface area contributed by atoms with Gasteiger partial charge in [0, 0.05) is 25.6 Å². The summed E-state index contributed by atoms with van der Waals surface area (Å²) in [5.74, 6) is 0.883. The average molecular weight is 507 g/mol. The Bertz CT molecular complexity index is 1260. The van der Waals surface area contributed by atoms with Gasteiger partial charge in [-0.05, 0) is 59.5 Å². The Labute approximate surface area is 215 Å². The first-order valence-electron chi connectivity index (χ1n) is 12.7. The Balaban J connectivity index is 1.36. The van der Waals surface area contributed by atoms with E-state index in [0.717, 1.165) is 23.1 Å². The lowest BCUT2D eigenvalue weighted by Gasteiger charge is -2.39. The summed E-state index contributed by atoms with van der Waals surface area (Å²) in [5.41, 5.74) is 2.95. The topological polar surface area (TPSA) is 72.2 Å². The highest BCUT2D eigenvalue weighted by Gasteiger charge is 2.33. The third kappa shape index (κ3) is 5.39. The van der Waals surface area contributed by atoms with E-state index in [0.29, 0.717) is 44.4 Å². The summed E-state index contributed by atoms with van der Waals surface area (Å²) in [5, 5.41) is 0. The molecule has 1 atom stereocenters. The van der Waals surface area contributed by atoms with Gasteiger partial charge in [0.15, 0.2) is 5.76 Å². The van der Waals surface area contributed by atoms with Gasteiger partial charge in [0.25, 0.3) is 5.91 Å². The van der Waals surface area contributed by atoms with Crippen molar-refractivity contribution in [2.24, 2.45) is 5.92 Å². The van der Waals surface area contributed by atoms with Gasteiger partial charge in [-0.25, -0.2) is 4.39 Å². The standard InChI is InChI=1S/C29H31FN2O5/c1-19(2)28(33)32-12-11-20-5-8-23(17-25(20)27(32)21-3-6-22(30)7-4-21)36-18-24-9-10-26(37-24)29(34)31-13-15-35-16-14-31/h3-10,17,19,27H,11-16,18H2,1-2H3. The number of rotatable bonds is 6. The fraction of sp³-hybridized carbons (Fsp3) is 0.379. The highest BCUT2D eigenvalue weighted by Crippen LogP contribution is 2.38. The molecule has 2 amide bonds. The summed E-state index contributed by atoms with van der Waals surface area (Å²) in [6, 6.07) is 15.3. The van der Waals surface area contributed by atoms with Gasteiger partial charge >= 0.3 is 0 Å². The first-order chi connectivity index (χ1) is 17.9. The quantitative estimate of drug-likeness (QED) is 0.489. The van der Waals surface area contributed by atoms with Crippen molar-refractivity contribution in [2.75, 3.05) is 32.8 Å². The summed E-state index contributed by atoms with van der Waals surface area (Å²) in [6.45, 7) is 6.68. The third-order valence-corrected chi connectivity index (χ3v) is 6.86. The number of furan rings is 1. The number of fused-ring (bicyclic) bond motifs is 1. The number of benzene rings is 2. The number of carbonyl (C=O) groups is 2. The van der Waals surface area contributed by atoms with Gasteiger partial charge in [0.05, 0.1) is 19.3 Å². The van der Waals surface area contributed by atoms with Gasteiger partial charge in [0.1, 0.15) is 23.9 Å². The van der Waals surface area contributed by atoms with Crippen molar-refractivity contribution >= 4 is 11.8 Å². The second-order valence-electron chi connectivity index (χ2n) is 9.71. The molecule has 0 bridgehead atoms. The van der Waals surface area contributed by atoms with Crippen LogP contribution in [0.25, 0.3) is 0 Å². The minimum absolute atomic E-state index is 0.0550. The lowest BCUT2D eigenvalue weighted by molar-refractivity contribution is -0.136. The van der Waals surface area contributed by atoms with Crippen molar-refractivity contribution in [1.29, 1.82) is 0 Å². The molecule has 3 heterocycles. The van der Waals surface area contributed by atoms with Crippen LogP contribution in [0.5, 0.6) is 5.75 Å². The zero-order valence-electron chi connectivity index (χ0n) is 21.1. The van der Waals surface area contributed by atoms with Crippen LogP contribution in [-0.4, -0.2) is 54.5 Å². The summed E-state index contributed by atoms with van der Waals surface area (Å²) in [4.78, 5) is 29.3. The van der Waals surface area contributed by atoms with E-state index in [4.69, 9.17) is 13.9 Å². The van der Waals surface area contributed by atoms with Gasteiger partial charge in [-0.3, -0.25) is 9.59 Å². The minimum Gasteiger partial charge on any atom is -0.486 e. The number of halogens is 1. The molecule has 0 saturated carbocycles. The number of amides is 2. The Morgan fingerprint density at radius 2 is 1.78 bits per heavy atom. The smallest absolute Gasteiger partial charge is 0.289 e. The monoisotopic (exact) mass is 506 g/mol. The van der Waals surface area contributed by atoms with Crippen LogP contribution in [0, 0.1) is 11.7 Å². The van der Waals surface area contributed by atoms with Crippen LogP contribution < -0.4 is 4.74 Å². The van der Waals surface area contributed by atoms with Gasteiger partial charge in [-0.1, -0.05) is 32.0 Å². The molecule has 1 fully saturated rings. The first-order valence-corrected chi connectivity index (χ1v) is 12.7. The molecule has 1 saturated heterocycles. The fourth-order valence-corrected chi connectivity index (χ4v) is 4.90. The summed E-state index contributed by atoms with van der Waals surface area (Å²) >= 11 is 0. The molecule has 3 aromatic rings. The molecule has 0 aliphatic carbocycles. The minimum atomic E-state index is -0.329. The molecule has 5 rings (SSSR count). The molecular formula is C29H31FN2O5. The Hall–Kier alpha value is -3.65. The normalized spacial score (nSPS) is 17.6. The SMILES string of the molecule is CC(C)C(=O)N1CCc2ccc(OCc3ccc(C(=O)N4CCOCC4)o3)cc2C1c1ccc(F)cc1. The van der Waals surface area contributed by atoms with Crippen molar-refractivity contribution in [3.63, 3.8) is 0 Å². The van der Waals surface area contributed by atoms with Crippen LogP contribution in [0.3, 0.4) is 0 Å². The zero-order chi connectivity index (χ0) is 25.9. The van der Waals surface area contributed by atoms with E-state index < -0.39 is 0 Å². The molecule has 2 aromatic carbocycles. The van der Waals surface area contributed by atoms with Crippen LogP contribution in [0.15, 0.2) is 59.0 Å². The second-order valence-corrected chi connectivity index (χ2v) is 9.71. The molecule has 194 valence electrons. The van der Waals surface area contributed by atoms with Gasteiger partial charge in [0.2, 0.25) is 5.91 Å². The molecule has 0 radical (unpaired) electrons. The lowest BCUT2D eigenvalue weighted by Crippen LogP contribution is -2.42. The van der Waals surface area contributed by atoms with Crippen molar-refractivity contribution in [2.45, 2.75) is 32.9 Å². The molecule has 37 heavy (non-hydrogen) atoms.